The number of pyridine rings is 1. The standard InChI is InChI=1S/C7H6ClF3N2/c8-6-5(7(9,10)11)4(3-12)1-2-13-6/h1-2H,3,12H2. The van der Waals surface area contributed by atoms with Crippen molar-refractivity contribution in [2.75, 3.05) is 0 Å². The zero-order valence-corrected chi connectivity index (χ0v) is 7.15. The summed E-state index contributed by atoms with van der Waals surface area (Å²) in [4.78, 5) is 3.34. The van der Waals surface area contributed by atoms with E-state index in [0.29, 0.717) is 0 Å². The summed E-state index contributed by atoms with van der Waals surface area (Å²) in [6.07, 6.45) is -3.31. The molecule has 0 radical (unpaired) electrons. The molecule has 72 valence electrons. The summed E-state index contributed by atoms with van der Waals surface area (Å²) in [7, 11) is 0. The zero-order chi connectivity index (χ0) is 10.1. The SMILES string of the molecule is NCc1ccnc(Cl)c1C(F)(F)F. The second kappa shape index (κ2) is 3.51. The largest absolute Gasteiger partial charge is 0.419 e. The van der Waals surface area contributed by atoms with Crippen LogP contribution in [0.4, 0.5) is 13.2 Å². The highest BCUT2D eigenvalue weighted by molar-refractivity contribution is 6.30. The summed E-state index contributed by atoms with van der Waals surface area (Å²) < 4.78 is 36.9. The maximum Gasteiger partial charge on any atom is 0.419 e. The molecule has 2 N–H and O–H groups in total. The highest BCUT2D eigenvalue weighted by Crippen LogP contribution is 2.35. The Balaban J connectivity index is 3.32. The van der Waals surface area contributed by atoms with E-state index in [0.717, 1.165) is 0 Å². The third-order valence-corrected chi connectivity index (χ3v) is 1.78. The van der Waals surface area contributed by atoms with Crippen molar-refractivity contribution in [3.05, 3.63) is 28.5 Å². The first-order chi connectivity index (χ1) is 5.96. The van der Waals surface area contributed by atoms with Crippen molar-refractivity contribution >= 4 is 11.6 Å². The van der Waals surface area contributed by atoms with Crippen molar-refractivity contribution in [2.24, 2.45) is 5.73 Å². The highest BCUT2D eigenvalue weighted by Gasteiger charge is 2.36. The fraction of sp³-hybridized carbons (Fsp3) is 0.286. The molecule has 13 heavy (non-hydrogen) atoms. The Morgan fingerprint density at radius 2 is 2.08 bits per heavy atom. The maximum atomic E-state index is 12.3. The minimum Gasteiger partial charge on any atom is -0.326 e. The molecule has 0 atom stereocenters. The van der Waals surface area contributed by atoms with E-state index >= 15 is 0 Å². The van der Waals surface area contributed by atoms with E-state index in [9.17, 15) is 13.2 Å². The number of halogens is 4. The van der Waals surface area contributed by atoms with E-state index in [1.807, 2.05) is 0 Å². The molecule has 1 rings (SSSR count). The summed E-state index contributed by atoms with van der Waals surface area (Å²) in [5, 5.41) is -0.560. The summed E-state index contributed by atoms with van der Waals surface area (Å²) in [6.45, 7) is -0.211. The van der Waals surface area contributed by atoms with Crippen molar-refractivity contribution in [3.63, 3.8) is 0 Å². The quantitative estimate of drug-likeness (QED) is 0.722. The second-order valence-corrected chi connectivity index (χ2v) is 2.70. The molecule has 1 aromatic rings. The lowest BCUT2D eigenvalue weighted by Gasteiger charge is -2.11. The zero-order valence-electron chi connectivity index (χ0n) is 6.40. The smallest absolute Gasteiger partial charge is 0.326 e. The van der Waals surface area contributed by atoms with Gasteiger partial charge in [0.05, 0.1) is 5.56 Å². The first-order valence-electron chi connectivity index (χ1n) is 3.37. The molecule has 0 saturated carbocycles. The van der Waals surface area contributed by atoms with Gasteiger partial charge in [0.25, 0.3) is 0 Å². The number of hydrogen-bond donors (Lipinski definition) is 1. The van der Waals surface area contributed by atoms with Crippen molar-refractivity contribution in [2.45, 2.75) is 12.7 Å². The summed E-state index contributed by atoms with van der Waals surface area (Å²) in [5.41, 5.74) is 4.14. The van der Waals surface area contributed by atoms with Gasteiger partial charge in [0.15, 0.2) is 0 Å². The predicted octanol–water partition coefficient (Wildman–Crippen LogP) is 2.21. The molecule has 0 bridgehead atoms. The molecule has 0 aliphatic rings. The van der Waals surface area contributed by atoms with Crippen LogP contribution in [0.3, 0.4) is 0 Å². The summed E-state index contributed by atoms with van der Waals surface area (Å²) in [6, 6.07) is 1.20. The molecule has 0 unspecified atom stereocenters. The Morgan fingerprint density at radius 1 is 1.46 bits per heavy atom. The maximum absolute atomic E-state index is 12.3. The lowest BCUT2D eigenvalue weighted by Crippen LogP contribution is -2.13. The van der Waals surface area contributed by atoms with Gasteiger partial charge in [-0.2, -0.15) is 13.2 Å². The summed E-state index contributed by atoms with van der Waals surface area (Å²) in [5.74, 6) is 0. The van der Waals surface area contributed by atoms with Crippen LogP contribution >= 0.6 is 11.6 Å². The Morgan fingerprint density at radius 3 is 2.46 bits per heavy atom. The minimum atomic E-state index is -4.50. The molecule has 6 heteroatoms. The molecular weight excluding hydrogens is 205 g/mol. The van der Waals surface area contributed by atoms with Gasteiger partial charge in [0.1, 0.15) is 5.15 Å². The molecular formula is C7H6ClF3N2. The van der Waals surface area contributed by atoms with Crippen molar-refractivity contribution in [1.82, 2.24) is 4.98 Å². The van der Waals surface area contributed by atoms with Gasteiger partial charge < -0.3 is 5.73 Å². The highest BCUT2D eigenvalue weighted by atomic mass is 35.5. The topological polar surface area (TPSA) is 38.9 Å². The van der Waals surface area contributed by atoms with Gasteiger partial charge in [-0.3, -0.25) is 0 Å². The fourth-order valence-corrected chi connectivity index (χ4v) is 1.23. The van der Waals surface area contributed by atoms with Crippen LogP contribution in [0.1, 0.15) is 11.1 Å². The van der Waals surface area contributed by atoms with Crippen molar-refractivity contribution in [3.8, 4) is 0 Å². The molecule has 0 fully saturated rings. The van der Waals surface area contributed by atoms with Gasteiger partial charge >= 0.3 is 6.18 Å². The van der Waals surface area contributed by atoms with Crippen molar-refractivity contribution < 1.29 is 13.2 Å². The number of rotatable bonds is 1. The summed E-state index contributed by atoms with van der Waals surface area (Å²) >= 11 is 5.31. The lowest BCUT2D eigenvalue weighted by molar-refractivity contribution is -0.138. The van der Waals surface area contributed by atoms with Gasteiger partial charge in [0, 0.05) is 12.7 Å². The molecule has 0 aliphatic heterocycles. The third kappa shape index (κ3) is 2.10. The van der Waals surface area contributed by atoms with Crippen LogP contribution in [-0.4, -0.2) is 4.98 Å². The Bertz CT molecular complexity index is 311. The number of alkyl halides is 3. The van der Waals surface area contributed by atoms with E-state index in [-0.39, 0.29) is 12.1 Å². The van der Waals surface area contributed by atoms with Crippen LogP contribution in [0, 0.1) is 0 Å². The number of aromatic nitrogens is 1. The van der Waals surface area contributed by atoms with Gasteiger partial charge in [-0.05, 0) is 11.6 Å². The van der Waals surface area contributed by atoms with Crippen molar-refractivity contribution in [1.29, 1.82) is 0 Å². The monoisotopic (exact) mass is 210 g/mol. The fourth-order valence-electron chi connectivity index (χ4n) is 0.942. The molecule has 1 heterocycles. The van der Waals surface area contributed by atoms with E-state index in [4.69, 9.17) is 17.3 Å². The molecule has 0 spiro atoms. The van der Waals surface area contributed by atoms with Crippen LogP contribution in [0.15, 0.2) is 12.3 Å². The van der Waals surface area contributed by atoms with E-state index in [2.05, 4.69) is 4.98 Å². The Hall–Kier alpha value is -0.810. The number of nitrogens with zero attached hydrogens (tertiary/aromatic N) is 1. The lowest BCUT2D eigenvalue weighted by atomic mass is 10.1. The Labute approximate surface area is 77.5 Å². The van der Waals surface area contributed by atoms with E-state index in [1.165, 1.54) is 12.3 Å². The molecule has 0 aliphatic carbocycles. The first-order valence-corrected chi connectivity index (χ1v) is 3.75. The predicted molar refractivity (Wildman–Crippen MR) is 42.1 cm³/mol. The number of nitrogens with two attached hydrogens (primary N) is 1. The van der Waals surface area contributed by atoms with Gasteiger partial charge in [-0.15, -0.1) is 0 Å². The van der Waals surface area contributed by atoms with Crippen LogP contribution in [0.5, 0.6) is 0 Å². The Kier molecular flexibility index (Phi) is 2.77. The third-order valence-electron chi connectivity index (χ3n) is 1.49. The van der Waals surface area contributed by atoms with Crippen LogP contribution in [0.25, 0.3) is 0 Å². The minimum absolute atomic E-state index is 0.0486. The van der Waals surface area contributed by atoms with Gasteiger partial charge in [-0.1, -0.05) is 11.6 Å². The van der Waals surface area contributed by atoms with Gasteiger partial charge in [-0.25, -0.2) is 4.98 Å². The van der Waals surface area contributed by atoms with E-state index < -0.39 is 16.9 Å². The normalized spacial score (nSPS) is 11.8. The molecule has 0 aromatic carbocycles. The molecule has 2 nitrogen and oxygen atoms in total. The number of hydrogen-bond acceptors (Lipinski definition) is 2. The van der Waals surface area contributed by atoms with Crippen LogP contribution in [-0.2, 0) is 12.7 Å². The molecule has 1 aromatic heterocycles. The van der Waals surface area contributed by atoms with E-state index in [1.54, 1.807) is 0 Å². The average Bonchev–Trinajstić information content (AvgIpc) is 2.01. The first kappa shape index (κ1) is 10.3. The van der Waals surface area contributed by atoms with Gasteiger partial charge in [0.2, 0.25) is 0 Å². The molecule has 0 amide bonds. The van der Waals surface area contributed by atoms with Crippen LogP contribution < -0.4 is 5.73 Å². The van der Waals surface area contributed by atoms with Crippen LogP contribution in [0.2, 0.25) is 5.15 Å². The average molecular weight is 211 g/mol. The second-order valence-electron chi connectivity index (χ2n) is 2.34. The molecule has 0 saturated heterocycles.